The van der Waals surface area contributed by atoms with Crippen molar-refractivity contribution in [3.63, 3.8) is 0 Å². The quantitative estimate of drug-likeness (QED) is 0.853. The number of carbonyl (C=O) groups excluding carboxylic acids is 2. The van der Waals surface area contributed by atoms with Crippen LogP contribution < -0.4 is 0 Å². The lowest BCUT2D eigenvalue weighted by molar-refractivity contribution is -0.140. The molecule has 0 N–H and O–H groups in total. The second-order valence-corrected chi connectivity index (χ2v) is 6.80. The fraction of sp³-hybridized carbons (Fsp3) is 0.400. The van der Waals surface area contributed by atoms with E-state index in [1.54, 1.807) is 0 Å². The number of hydrogen-bond acceptors (Lipinski definition) is 2. The van der Waals surface area contributed by atoms with E-state index in [-0.39, 0.29) is 17.7 Å². The molecule has 2 aliphatic heterocycles. The first-order chi connectivity index (χ1) is 11.7. The van der Waals surface area contributed by atoms with Gasteiger partial charge in [-0.05, 0) is 36.1 Å². The molecule has 0 aromatic heterocycles. The maximum absolute atomic E-state index is 13.0. The zero-order chi connectivity index (χ0) is 16.5. The topological polar surface area (TPSA) is 40.6 Å². The van der Waals surface area contributed by atoms with Crippen LogP contribution in [0.15, 0.2) is 42.5 Å². The normalized spacial score (nSPS) is 20.8. The molecule has 24 heavy (non-hydrogen) atoms. The molecule has 2 saturated heterocycles. The summed E-state index contributed by atoms with van der Waals surface area (Å²) >= 11 is 0. The molecule has 0 bridgehead atoms. The van der Waals surface area contributed by atoms with Crippen LogP contribution in [0.1, 0.15) is 29.6 Å². The zero-order valence-corrected chi connectivity index (χ0v) is 13.8. The average molecular weight is 322 g/mol. The summed E-state index contributed by atoms with van der Waals surface area (Å²) in [6, 6.07) is 13.8. The molecule has 1 atom stereocenters. The van der Waals surface area contributed by atoms with Gasteiger partial charge in [-0.3, -0.25) is 9.59 Å². The highest BCUT2D eigenvalue weighted by Gasteiger charge is 2.33. The number of piperidine rings is 1. The third kappa shape index (κ3) is 2.66. The van der Waals surface area contributed by atoms with Gasteiger partial charge in [-0.25, -0.2) is 0 Å². The van der Waals surface area contributed by atoms with E-state index >= 15 is 0 Å². The second kappa shape index (κ2) is 6.27. The van der Waals surface area contributed by atoms with E-state index in [2.05, 4.69) is 0 Å². The van der Waals surface area contributed by atoms with Crippen molar-refractivity contribution in [2.75, 3.05) is 26.2 Å². The molecule has 1 unspecified atom stereocenters. The van der Waals surface area contributed by atoms with Crippen molar-refractivity contribution in [2.24, 2.45) is 5.92 Å². The first-order valence-electron chi connectivity index (χ1n) is 8.80. The highest BCUT2D eigenvalue weighted by atomic mass is 16.2. The Morgan fingerprint density at radius 2 is 1.62 bits per heavy atom. The Hall–Kier alpha value is -2.36. The van der Waals surface area contributed by atoms with Gasteiger partial charge in [0.2, 0.25) is 5.91 Å². The number of fused-ring (bicyclic) bond motifs is 1. The summed E-state index contributed by atoms with van der Waals surface area (Å²) in [5.41, 5.74) is 0.741. The van der Waals surface area contributed by atoms with E-state index in [9.17, 15) is 9.59 Å². The van der Waals surface area contributed by atoms with Crippen molar-refractivity contribution < 1.29 is 9.59 Å². The smallest absolute Gasteiger partial charge is 0.254 e. The van der Waals surface area contributed by atoms with Crippen molar-refractivity contribution in [3.8, 4) is 0 Å². The minimum atomic E-state index is -0.0297. The molecule has 4 heteroatoms. The molecule has 124 valence electrons. The summed E-state index contributed by atoms with van der Waals surface area (Å²) in [7, 11) is 0. The molecular weight excluding hydrogens is 300 g/mol. The Labute approximate surface area is 142 Å². The predicted octanol–water partition coefficient (Wildman–Crippen LogP) is 2.92. The van der Waals surface area contributed by atoms with Crippen LogP contribution >= 0.6 is 0 Å². The van der Waals surface area contributed by atoms with E-state index in [1.807, 2.05) is 52.3 Å². The SMILES string of the molecule is O=C(c1cccc2ccccc12)N1CCCC(C(=O)N2CCC2)C1. The van der Waals surface area contributed by atoms with Gasteiger partial charge in [0, 0.05) is 31.7 Å². The molecule has 2 aliphatic rings. The Bertz CT molecular complexity index is 777. The van der Waals surface area contributed by atoms with Gasteiger partial charge in [0.15, 0.2) is 0 Å². The molecule has 2 aromatic rings. The lowest BCUT2D eigenvalue weighted by atomic mass is 9.94. The first kappa shape index (κ1) is 15.2. The van der Waals surface area contributed by atoms with E-state index in [4.69, 9.17) is 0 Å². The predicted molar refractivity (Wildman–Crippen MR) is 93.8 cm³/mol. The van der Waals surface area contributed by atoms with Gasteiger partial charge in [-0.2, -0.15) is 0 Å². The van der Waals surface area contributed by atoms with Gasteiger partial charge in [-0.1, -0.05) is 36.4 Å². The van der Waals surface area contributed by atoms with Gasteiger partial charge >= 0.3 is 0 Å². The number of benzene rings is 2. The molecule has 2 heterocycles. The fourth-order valence-corrected chi connectivity index (χ4v) is 3.74. The van der Waals surface area contributed by atoms with Gasteiger partial charge in [0.05, 0.1) is 5.92 Å². The van der Waals surface area contributed by atoms with Gasteiger partial charge in [-0.15, -0.1) is 0 Å². The number of amides is 2. The Morgan fingerprint density at radius 3 is 2.42 bits per heavy atom. The Balaban J connectivity index is 1.56. The monoisotopic (exact) mass is 322 g/mol. The molecule has 2 amide bonds. The zero-order valence-electron chi connectivity index (χ0n) is 13.8. The molecule has 4 nitrogen and oxygen atoms in total. The van der Waals surface area contributed by atoms with Crippen molar-refractivity contribution in [1.82, 2.24) is 9.80 Å². The van der Waals surface area contributed by atoms with Crippen LogP contribution in [0.4, 0.5) is 0 Å². The largest absolute Gasteiger partial charge is 0.342 e. The van der Waals surface area contributed by atoms with Crippen molar-refractivity contribution in [2.45, 2.75) is 19.3 Å². The van der Waals surface area contributed by atoms with Crippen LogP contribution in [0.2, 0.25) is 0 Å². The number of likely N-dealkylation sites (tertiary alicyclic amines) is 2. The third-order valence-electron chi connectivity index (χ3n) is 5.25. The molecular formula is C20H22N2O2. The van der Waals surface area contributed by atoms with E-state index in [0.717, 1.165) is 55.2 Å². The van der Waals surface area contributed by atoms with Crippen LogP contribution in [-0.4, -0.2) is 47.8 Å². The van der Waals surface area contributed by atoms with E-state index in [1.165, 1.54) is 0 Å². The van der Waals surface area contributed by atoms with E-state index < -0.39 is 0 Å². The van der Waals surface area contributed by atoms with Crippen LogP contribution in [0.25, 0.3) is 10.8 Å². The third-order valence-corrected chi connectivity index (χ3v) is 5.25. The molecule has 0 aliphatic carbocycles. The molecule has 2 fully saturated rings. The number of carbonyl (C=O) groups is 2. The lowest BCUT2D eigenvalue weighted by Gasteiger charge is -2.38. The Morgan fingerprint density at radius 1 is 0.875 bits per heavy atom. The molecule has 4 rings (SSSR count). The minimum absolute atomic E-state index is 0.0297. The standard InChI is InChI=1S/C20H22N2O2/c23-19(21-12-5-13-21)16-8-4-11-22(14-16)20(24)18-10-3-7-15-6-1-2-9-17(15)18/h1-3,6-7,9-10,16H,4-5,8,11-14H2. The van der Waals surface area contributed by atoms with Crippen molar-refractivity contribution >= 4 is 22.6 Å². The molecule has 0 spiro atoms. The van der Waals surface area contributed by atoms with Gasteiger partial charge in [0.1, 0.15) is 0 Å². The average Bonchev–Trinajstić information content (AvgIpc) is 2.59. The maximum atomic E-state index is 13.0. The van der Waals surface area contributed by atoms with Crippen LogP contribution in [0.3, 0.4) is 0 Å². The molecule has 2 aromatic carbocycles. The van der Waals surface area contributed by atoms with Crippen molar-refractivity contribution in [3.05, 3.63) is 48.0 Å². The highest BCUT2D eigenvalue weighted by Crippen LogP contribution is 2.25. The van der Waals surface area contributed by atoms with Crippen LogP contribution in [-0.2, 0) is 4.79 Å². The highest BCUT2D eigenvalue weighted by molar-refractivity contribution is 6.07. The summed E-state index contributed by atoms with van der Waals surface area (Å²) in [5, 5.41) is 2.06. The number of nitrogens with zero attached hydrogens (tertiary/aromatic N) is 2. The fourth-order valence-electron chi connectivity index (χ4n) is 3.74. The number of hydrogen-bond donors (Lipinski definition) is 0. The van der Waals surface area contributed by atoms with Gasteiger partial charge in [0.25, 0.3) is 5.91 Å². The molecule has 0 saturated carbocycles. The van der Waals surface area contributed by atoms with Crippen molar-refractivity contribution in [1.29, 1.82) is 0 Å². The second-order valence-electron chi connectivity index (χ2n) is 6.80. The van der Waals surface area contributed by atoms with Crippen LogP contribution in [0, 0.1) is 5.92 Å². The first-order valence-corrected chi connectivity index (χ1v) is 8.80. The molecule has 0 radical (unpaired) electrons. The van der Waals surface area contributed by atoms with Crippen LogP contribution in [0.5, 0.6) is 0 Å². The van der Waals surface area contributed by atoms with E-state index in [0.29, 0.717) is 6.54 Å². The Kier molecular flexibility index (Phi) is 3.97. The summed E-state index contributed by atoms with van der Waals surface area (Å²) < 4.78 is 0. The lowest BCUT2D eigenvalue weighted by Crippen LogP contribution is -2.50. The number of rotatable bonds is 2. The summed E-state index contributed by atoms with van der Waals surface area (Å²) in [6.45, 7) is 3.06. The van der Waals surface area contributed by atoms with Gasteiger partial charge < -0.3 is 9.80 Å². The maximum Gasteiger partial charge on any atom is 0.254 e. The summed E-state index contributed by atoms with van der Waals surface area (Å²) in [4.78, 5) is 29.3. The minimum Gasteiger partial charge on any atom is -0.342 e. The summed E-state index contributed by atoms with van der Waals surface area (Å²) in [5.74, 6) is 0.252. The summed E-state index contributed by atoms with van der Waals surface area (Å²) in [6.07, 6.45) is 2.91.